The highest BCUT2D eigenvalue weighted by Gasteiger charge is 2.02. The van der Waals surface area contributed by atoms with Crippen LogP contribution in [0.25, 0.3) is 11.4 Å². The molecule has 0 bridgehead atoms. The molecule has 72 valence electrons. The standard InChI is InChI=1S/C11H13N3/c1-7-5-9(3-4-10(7)12)11-13-6-8(2)14-11/h3-6H,12H2,1-2H3,(H,13,14). The number of nitrogens with two attached hydrogens (primary N) is 1. The second-order valence-corrected chi connectivity index (χ2v) is 3.49. The lowest BCUT2D eigenvalue weighted by molar-refractivity contribution is 1.25. The molecular formula is C11H13N3. The van der Waals surface area contributed by atoms with Gasteiger partial charge in [0.25, 0.3) is 0 Å². The maximum atomic E-state index is 5.74. The topological polar surface area (TPSA) is 54.7 Å². The van der Waals surface area contributed by atoms with Crippen LogP contribution in [0, 0.1) is 13.8 Å². The molecule has 0 saturated heterocycles. The first-order valence-corrected chi connectivity index (χ1v) is 4.55. The van der Waals surface area contributed by atoms with Gasteiger partial charge in [0.15, 0.2) is 0 Å². The minimum Gasteiger partial charge on any atom is -0.399 e. The van der Waals surface area contributed by atoms with E-state index in [0.717, 1.165) is 28.3 Å². The Balaban J connectivity index is 2.47. The van der Waals surface area contributed by atoms with Crippen molar-refractivity contribution in [2.75, 3.05) is 5.73 Å². The van der Waals surface area contributed by atoms with E-state index < -0.39 is 0 Å². The van der Waals surface area contributed by atoms with Gasteiger partial charge in [-0.25, -0.2) is 4.98 Å². The van der Waals surface area contributed by atoms with E-state index in [-0.39, 0.29) is 0 Å². The molecule has 3 N–H and O–H groups in total. The predicted octanol–water partition coefficient (Wildman–Crippen LogP) is 2.28. The zero-order valence-electron chi connectivity index (χ0n) is 8.33. The molecule has 1 aromatic carbocycles. The molecule has 0 aliphatic rings. The molecule has 0 amide bonds. The van der Waals surface area contributed by atoms with Gasteiger partial charge in [0.2, 0.25) is 0 Å². The van der Waals surface area contributed by atoms with Gasteiger partial charge in [-0.15, -0.1) is 0 Å². The quantitative estimate of drug-likeness (QED) is 0.673. The largest absolute Gasteiger partial charge is 0.399 e. The third kappa shape index (κ3) is 1.48. The highest BCUT2D eigenvalue weighted by molar-refractivity contribution is 5.62. The molecule has 3 heteroatoms. The summed E-state index contributed by atoms with van der Waals surface area (Å²) in [5, 5.41) is 0. The third-order valence-electron chi connectivity index (χ3n) is 2.25. The first-order valence-electron chi connectivity index (χ1n) is 4.55. The molecule has 0 saturated carbocycles. The van der Waals surface area contributed by atoms with Gasteiger partial charge >= 0.3 is 0 Å². The van der Waals surface area contributed by atoms with Crippen LogP contribution in [-0.2, 0) is 0 Å². The Hall–Kier alpha value is -1.77. The Morgan fingerprint density at radius 2 is 2.07 bits per heavy atom. The summed E-state index contributed by atoms with van der Waals surface area (Å²) in [6.45, 7) is 3.98. The Morgan fingerprint density at radius 1 is 1.29 bits per heavy atom. The molecule has 0 unspecified atom stereocenters. The van der Waals surface area contributed by atoms with Crippen LogP contribution in [0.15, 0.2) is 24.4 Å². The first-order chi connectivity index (χ1) is 6.66. The summed E-state index contributed by atoms with van der Waals surface area (Å²) in [4.78, 5) is 7.45. The van der Waals surface area contributed by atoms with Crippen LogP contribution < -0.4 is 5.73 Å². The smallest absolute Gasteiger partial charge is 0.137 e. The maximum absolute atomic E-state index is 5.74. The Bertz CT molecular complexity index is 457. The average molecular weight is 187 g/mol. The van der Waals surface area contributed by atoms with Gasteiger partial charge < -0.3 is 10.7 Å². The lowest BCUT2D eigenvalue weighted by Gasteiger charge is -2.02. The number of benzene rings is 1. The number of nitrogens with zero attached hydrogens (tertiary/aromatic N) is 1. The van der Waals surface area contributed by atoms with Gasteiger partial charge in [-0.05, 0) is 37.6 Å². The normalized spacial score (nSPS) is 10.4. The molecule has 2 rings (SSSR count). The Morgan fingerprint density at radius 3 is 2.64 bits per heavy atom. The molecule has 1 aromatic heterocycles. The minimum absolute atomic E-state index is 0.817. The SMILES string of the molecule is Cc1cnc(-c2ccc(N)c(C)c2)[nH]1. The number of nitrogens with one attached hydrogen (secondary N) is 1. The van der Waals surface area contributed by atoms with Crippen molar-refractivity contribution in [1.82, 2.24) is 9.97 Å². The number of aromatic amines is 1. The summed E-state index contributed by atoms with van der Waals surface area (Å²) in [7, 11) is 0. The zero-order chi connectivity index (χ0) is 10.1. The molecule has 3 nitrogen and oxygen atoms in total. The number of aryl methyl sites for hydroxylation is 2. The van der Waals surface area contributed by atoms with Crippen molar-refractivity contribution in [3.63, 3.8) is 0 Å². The molecule has 0 fully saturated rings. The van der Waals surface area contributed by atoms with E-state index >= 15 is 0 Å². The van der Waals surface area contributed by atoms with Gasteiger partial charge in [0.1, 0.15) is 5.82 Å². The minimum atomic E-state index is 0.817. The maximum Gasteiger partial charge on any atom is 0.137 e. The second-order valence-electron chi connectivity index (χ2n) is 3.49. The van der Waals surface area contributed by atoms with E-state index in [1.54, 1.807) is 0 Å². The second kappa shape index (κ2) is 3.18. The zero-order valence-corrected chi connectivity index (χ0v) is 8.33. The van der Waals surface area contributed by atoms with E-state index in [4.69, 9.17) is 5.73 Å². The third-order valence-corrected chi connectivity index (χ3v) is 2.25. The summed E-state index contributed by atoms with van der Waals surface area (Å²) in [5.41, 5.74) is 9.78. The highest BCUT2D eigenvalue weighted by atomic mass is 14.9. The van der Waals surface area contributed by atoms with Gasteiger partial charge in [-0.2, -0.15) is 0 Å². The Kier molecular flexibility index (Phi) is 2.00. The van der Waals surface area contributed by atoms with Gasteiger partial charge in [0.05, 0.1) is 0 Å². The molecule has 14 heavy (non-hydrogen) atoms. The van der Waals surface area contributed by atoms with Crippen molar-refractivity contribution in [2.24, 2.45) is 0 Å². The van der Waals surface area contributed by atoms with Crippen molar-refractivity contribution in [3.05, 3.63) is 35.7 Å². The first kappa shape index (κ1) is 8.81. The van der Waals surface area contributed by atoms with E-state index in [2.05, 4.69) is 9.97 Å². The monoisotopic (exact) mass is 187 g/mol. The van der Waals surface area contributed by atoms with Gasteiger partial charge in [-0.3, -0.25) is 0 Å². The fourth-order valence-corrected chi connectivity index (χ4v) is 1.38. The molecule has 2 aromatic rings. The summed E-state index contributed by atoms with van der Waals surface area (Å²) in [6, 6.07) is 5.91. The van der Waals surface area contributed by atoms with Crippen molar-refractivity contribution in [1.29, 1.82) is 0 Å². The lowest BCUT2D eigenvalue weighted by atomic mass is 10.1. The average Bonchev–Trinajstić information content (AvgIpc) is 2.57. The van der Waals surface area contributed by atoms with Crippen LogP contribution in [0.1, 0.15) is 11.3 Å². The Labute approximate surface area is 83.0 Å². The number of imidazole rings is 1. The summed E-state index contributed by atoms with van der Waals surface area (Å²) < 4.78 is 0. The molecule has 1 heterocycles. The fraction of sp³-hybridized carbons (Fsp3) is 0.182. The summed E-state index contributed by atoms with van der Waals surface area (Å²) >= 11 is 0. The molecular weight excluding hydrogens is 174 g/mol. The number of hydrogen-bond donors (Lipinski definition) is 2. The van der Waals surface area contributed by atoms with Gasteiger partial charge in [-0.1, -0.05) is 0 Å². The molecule has 0 spiro atoms. The van der Waals surface area contributed by atoms with Crippen LogP contribution >= 0.6 is 0 Å². The van der Waals surface area contributed by atoms with Crippen LogP contribution in [0.4, 0.5) is 5.69 Å². The van der Waals surface area contributed by atoms with Crippen molar-refractivity contribution in [2.45, 2.75) is 13.8 Å². The number of anilines is 1. The van der Waals surface area contributed by atoms with Crippen LogP contribution in [0.3, 0.4) is 0 Å². The van der Waals surface area contributed by atoms with Crippen LogP contribution in [0.5, 0.6) is 0 Å². The van der Waals surface area contributed by atoms with E-state index in [0.29, 0.717) is 0 Å². The highest BCUT2D eigenvalue weighted by Crippen LogP contribution is 2.20. The summed E-state index contributed by atoms with van der Waals surface area (Å²) in [6.07, 6.45) is 1.82. The summed E-state index contributed by atoms with van der Waals surface area (Å²) in [5.74, 6) is 0.894. The lowest BCUT2D eigenvalue weighted by Crippen LogP contribution is -1.90. The molecule has 0 aliphatic carbocycles. The van der Waals surface area contributed by atoms with E-state index in [9.17, 15) is 0 Å². The fourth-order valence-electron chi connectivity index (χ4n) is 1.38. The van der Waals surface area contributed by atoms with Gasteiger partial charge in [0, 0.05) is 23.1 Å². The van der Waals surface area contributed by atoms with Crippen molar-refractivity contribution >= 4 is 5.69 Å². The van der Waals surface area contributed by atoms with E-state index in [1.807, 2.05) is 38.2 Å². The molecule has 0 atom stereocenters. The van der Waals surface area contributed by atoms with Crippen molar-refractivity contribution in [3.8, 4) is 11.4 Å². The van der Waals surface area contributed by atoms with E-state index in [1.165, 1.54) is 0 Å². The number of nitrogen functional groups attached to an aromatic ring is 1. The number of H-pyrrole nitrogens is 1. The number of aromatic nitrogens is 2. The van der Waals surface area contributed by atoms with Crippen LogP contribution in [-0.4, -0.2) is 9.97 Å². The van der Waals surface area contributed by atoms with Crippen LogP contribution in [0.2, 0.25) is 0 Å². The number of rotatable bonds is 1. The molecule has 0 aliphatic heterocycles. The predicted molar refractivity (Wildman–Crippen MR) is 57.9 cm³/mol. The van der Waals surface area contributed by atoms with Crippen molar-refractivity contribution < 1.29 is 0 Å². The number of hydrogen-bond acceptors (Lipinski definition) is 2. The molecule has 0 radical (unpaired) electrons.